The number of carbonyl (C=O) groups is 1. The number of anilines is 1. The molecule has 7 nitrogen and oxygen atoms in total. The van der Waals surface area contributed by atoms with Crippen molar-refractivity contribution in [3.63, 3.8) is 0 Å². The highest BCUT2D eigenvalue weighted by atomic mass is 19.4. The van der Waals surface area contributed by atoms with Crippen molar-refractivity contribution in [2.45, 2.75) is 12.6 Å². The SMILES string of the molecule is O=C(c1ccc2c(c1)CCO2)N1CCN(c2ccc(C(F)(F)F)cc2[N+](=O)[O-])CC1. The molecule has 1 amide bonds. The van der Waals surface area contributed by atoms with Crippen LogP contribution >= 0.6 is 0 Å². The average Bonchev–Trinajstić information content (AvgIpc) is 3.20. The molecule has 0 saturated carbocycles. The molecule has 4 rings (SSSR count). The van der Waals surface area contributed by atoms with Gasteiger partial charge in [-0.3, -0.25) is 14.9 Å². The third-order valence-electron chi connectivity index (χ3n) is 5.34. The molecule has 1 fully saturated rings. The lowest BCUT2D eigenvalue weighted by molar-refractivity contribution is -0.384. The zero-order valence-corrected chi connectivity index (χ0v) is 15.8. The Bertz CT molecular complexity index is 1000. The number of nitro benzene ring substituents is 1. The second kappa shape index (κ2) is 7.51. The summed E-state index contributed by atoms with van der Waals surface area (Å²) >= 11 is 0. The van der Waals surface area contributed by atoms with Gasteiger partial charge >= 0.3 is 6.18 Å². The van der Waals surface area contributed by atoms with Crippen molar-refractivity contribution < 1.29 is 27.6 Å². The smallest absolute Gasteiger partial charge is 0.416 e. The van der Waals surface area contributed by atoms with Crippen LogP contribution in [-0.2, 0) is 12.6 Å². The quantitative estimate of drug-likeness (QED) is 0.560. The molecule has 30 heavy (non-hydrogen) atoms. The van der Waals surface area contributed by atoms with E-state index < -0.39 is 22.4 Å². The average molecular weight is 421 g/mol. The lowest BCUT2D eigenvalue weighted by Gasteiger charge is -2.36. The molecule has 0 aromatic heterocycles. The molecule has 1 saturated heterocycles. The van der Waals surface area contributed by atoms with Crippen LogP contribution in [0.2, 0.25) is 0 Å². The number of carbonyl (C=O) groups excluding carboxylic acids is 1. The first-order valence-electron chi connectivity index (χ1n) is 9.39. The highest BCUT2D eigenvalue weighted by molar-refractivity contribution is 5.95. The van der Waals surface area contributed by atoms with Gasteiger partial charge < -0.3 is 14.5 Å². The van der Waals surface area contributed by atoms with Crippen molar-refractivity contribution in [2.75, 3.05) is 37.7 Å². The molecule has 2 aromatic rings. The van der Waals surface area contributed by atoms with Crippen LogP contribution in [-0.4, -0.2) is 48.5 Å². The summed E-state index contributed by atoms with van der Waals surface area (Å²) in [5.74, 6) is 0.636. The minimum Gasteiger partial charge on any atom is -0.493 e. The number of piperazine rings is 1. The normalized spacial score (nSPS) is 16.2. The van der Waals surface area contributed by atoms with Crippen LogP contribution in [0.1, 0.15) is 21.5 Å². The number of benzene rings is 2. The van der Waals surface area contributed by atoms with Gasteiger partial charge in [0.25, 0.3) is 11.6 Å². The number of nitro groups is 1. The number of rotatable bonds is 3. The molecule has 0 atom stereocenters. The van der Waals surface area contributed by atoms with Crippen LogP contribution in [0, 0.1) is 10.1 Å². The molecular weight excluding hydrogens is 403 g/mol. The Morgan fingerprint density at radius 3 is 2.47 bits per heavy atom. The molecule has 10 heteroatoms. The largest absolute Gasteiger partial charge is 0.493 e. The molecule has 0 unspecified atom stereocenters. The van der Waals surface area contributed by atoms with Crippen molar-refractivity contribution in [3.05, 3.63) is 63.2 Å². The van der Waals surface area contributed by atoms with Crippen LogP contribution in [0.15, 0.2) is 36.4 Å². The van der Waals surface area contributed by atoms with E-state index in [0.29, 0.717) is 31.3 Å². The van der Waals surface area contributed by atoms with Crippen LogP contribution in [0.4, 0.5) is 24.5 Å². The zero-order valence-electron chi connectivity index (χ0n) is 15.8. The molecule has 0 aliphatic carbocycles. The molecule has 158 valence electrons. The van der Waals surface area contributed by atoms with Gasteiger partial charge in [0.15, 0.2) is 0 Å². The number of nitrogens with zero attached hydrogens (tertiary/aromatic N) is 3. The van der Waals surface area contributed by atoms with E-state index in [1.807, 2.05) is 6.07 Å². The highest BCUT2D eigenvalue weighted by Gasteiger charge is 2.34. The number of fused-ring (bicyclic) bond motifs is 1. The van der Waals surface area contributed by atoms with Gasteiger partial charge in [0.2, 0.25) is 0 Å². The standard InChI is InChI=1S/C20H18F3N3O4/c21-20(22,23)15-2-3-16(17(12-15)26(28)29)24-6-8-25(9-7-24)19(27)14-1-4-18-13(11-14)5-10-30-18/h1-4,11-12H,5-10H2. The van der Waals surface area contributed by atoms with E-state index in [1.54, 1.807) is 21.9 Å². The van der Waals surface area contributed by atoms with Gasteiger partial charge in [-0.2, -0.15) is 13.2 Å². The topological polar surface area (TPSA) is 75.9 Å². The molecule has 0 spiro atoms. The lowest BCUT2D eigenvalue weighted by atomic mass is 10.1. The van der Waals surface area contributed by atoms with Crippen molar-refractivity contribution in [2.24, 2.45) is 0 Å². The van der Waals surface area contributed by atoms with Crippen molar-refractivity contribution in [3.8, 4) is 5.75 Å². The summed E-state index contributed by atoms with van der Waals surface area (Å²) in [5, 5.41) is 11.3. The maximum Gasteiger partial charge on any atom is 0.416 e. The summed E-state index contributed by atoms with van der Waals surface area (Å²) in [6.07, 6.45) is -3.91. The first-order chi connectivity index (χ1) is 14.2. The third-order valence-corrected chi connectivity index (χ3v) is 5.34. The molecule has 2 heterocycles. The van der Waals surface area contributed by atoms with E-state index >= 15 is 0 Å². The Morgan fingerprint density at radius 2 is 1.80 bits per heavy atom. The van der Waals surface area contributed by atoms with Gasteiger partial charge in [0.05, 0.1) is 17.1 Å². The predicted octanol–water partition coefficient (Wildman–Crippen LogP) is 3.51. The number of hydrogen-bond donors (Lipinski definition) is 0. The third kappa shape index (κ3) is 3.77. The zero-order chi connectivity index (χ0) is 21.5. The summed E-state index contributed by atoms with van der Waals surface area (Å²) in [5.41, 5.74) is -0.00145. The highest BCUT2D eigenvalue weighted by Crippen LogP contribution is 2.37. The van der Waals surface area contributed by atoms with Crippen LogP contribution in [0.5, 0.6) is 5.75 Å². The van der Waals surface area contributed by atoms with Gasteiger partial charge in [-0.15, -0.1) is 0 Å². The number of alkyl halides is 3. The summed E-state index contributed by atoms with van der Waals surface area (Å²) in [6.45, 7) is 1.78. The van der Waals surface area contributed by atoms with E-state index in [-0.39, 0.29) is 24.7 Å². The maximum absolute atomic E-state index is 12.9. The van der Waals surface area contributed by atoms with Crippen molar-refractivity contribution in [1.29, 1.82) is 0 Å². The van der Waals surface area contributed by atoms with Crippen LogP contribution < -0.4 is 9.64 Å². The summed E-state index contributed by atoms with van der Waals surface area (Å²) in [7, 11) is 0. The lowest BCUT2D eigenvalue weighted by Crippen LogP contribution is -2.49. The summed E-state index contributed by atoms with van der Waals surface area (Å²) in [6, 6.07) is 7.82. The van der Waals surface area contributed by atoms with Gasteiger partial charge in [0, 0.05) is 44.2 Å². The maximum atomic E-state index is 12.9. The van der Waals surface area contributed by atoms with Gasteiger partial charge in [0.1, 0.15) is 11.4 Å². The van der Waals surface area contributed by atoms with Crippen molar-refractivity contribution >= 4 is 17.3 Å². The first-order valence-corrected chi connectivity index (χ1v) is 9.39. The number of amides is 1. The van der Waals surface area contributed by atoms with E-state index in [4.69, 9.17) is 4.74 Å². The second-order valence-electron chi connectivity index (χ2n) is 7.16. The molecular formula is C20H18F3N3O4. The molecule has 2 aliphatic heterocycles. The Kier molecular flexibility index (Phi) is 5.00. The Labute approximate surface area is 169 Å². The van der Waals surface area contributed by atoms with Gasteiger partial charge in [-0.05, 0) is 35.9 Å². The Hall–Kier alpha value is -3.30. The molecule has 0 radical (unpaired) electrons. The van der Waals surface area contributed by atoms with Gasteiger partial charge in [-0.25, -0.2) is 0 Å². The fraction of sp³-hybridized carbons (Fsp3) is 0.350. The summed E-state index contributed by atoms with van der Waals surface area (Å²) < 4.78 is 44.1. The van der Waals surface area contributed by atoms with E-state index in [0.717, 1.165) is 29.9 Å². The van der Waals surface area contributed by atoms with E-state index in [9.17, 15) is 28.1 Å². The fourth-order valence-corrected chi connectivity index (χ4v) is 3.77. The number of ether oxygens (including phenoxy) is 1. The van der Waals surface area contributed by atoms with Gasteiger partial charge in [-0.1, -0.05) is 0 Å². The monoisotopic (exact) mass is 421 g/mol. The van der Waals surface area contributed by atoms with Crippen LogP contribution in [0.3, 0.4) is 0 Å². The molecule has 0 N–H and O–H groups in total. The fourth-order valence-electron chi connectivity index (χ4n) is 3.77. The number of halogens is 3. The minimum atomic E-state index is -4.66. The van der Waals surface area contributed by atoms with Crippen LogP contribution in [0.25, 0.3) is 0 Å². The van der Waals surface area contributed by atoms with E-state index in [2.05, 4.69) is 0 Å². The van der Waals surface area contributed by atoms with E-state index in [1.165, 1.54) is 0 Å². The predicted molar refractivity (Wildman–Crippen MR) is 102 cm³/mol. The Morgan fingerprint density at radius 1 is 1.07 bits per heavy atom. The molecule has 0 bridgehead atoms. The molecule has 2 aliphatic rings. The minimum absolute atomic E-state index is 0.120. The summed E-state index contributed by atoms with van der Waals surface area (Å²) in [4.78, 5) is 26.6. The number of hydrogen-bond acceptors (Lipinski definition) is 5. The van der Waals surface area contributed by atoms with Crippen molar-refractivity contribution in [1.82, 2.24) is 4.90 Å². The first kappa shape index (κ1) is 20.0. The molecule has 2 aromatic carbocycles. The second-order valence-corrected chi connectivity index (χ2v) is 7.16. The Balaban J connectivity index is 1.48.